The summed E-state index contributed by atoms with van der Waals surface area (Å²) in [5.74, 6) is -1.38. The zero-order chi connectivity index (χ0) is 26.5. The molecule has 3 aromatic rings. The summed E-state index contributed by atoms with van der Waals surface area (Å²) in [7, 11) is 0. The van der Waals surface area contributed by atoms with Crippen LogP contribution >= 0.6 is 0 Å². The molecule has 0 saturated carbocycles. The topological polar surface area (TPSA) is 97.4 Å². The third kappa shape index (κ3) is 7.39. The number of hydrogen-bond acceptors (Lipinski definition) is 5. The van der Waals surface area contributed by atoms with Crippen LogP contribution in [0, 0.1) is 0 Å². The lowest BCUT2D eigenvalue weighted by molar-refractivity contribution is -0.137. The fraction of sp³-hybridized carbons (Fsp3) is 0.231. The minimum absolute atomic E-state index is 0.113. The molecule has 0 aliphatic carbocycles. The average molecular weight is 499 g/mol. The van der Waals surface area contributed by atoms with Crippen molar-refractivity contribution in [3.05, 3.63) is 78.1 Å². The third-order valence-electron chi connectivity index (χ3n) is 4.78. The molecule has 0 aliphatic rings. The number of carbonyl (C=O) groups is 3. The molecule has 36 heavy (non-hydrogen) atoms. The summed E-state index contributed by atoms with van der Waals surface area (Å²) < 4.78 is 44.9. The van der Waals surface area contributed by atoms with Gasteiger partial charge in [0.15, 0.2) is 5.78 Å². The summed E-state index contributed by atoms with van der Waals surface area (Å²) in [6.07, 6.45) is -3.01. The minimum atomic E-state index is -4.69. The zero-order valence-corrected chi connectivity index (χ0v) is 19.8. The van der Waals surface area contributed by atoms with Crippen molar-refractivity contribution >= 4 is 29.2 Å². The average Bonchev–Trinajstić information content (AvgIpc) is 2.79. The first-order chi connectivity index (χ1) is 16.8. The van der Waals surface area contributed by atoms with E-state index in [-0.39, 0.29) is 16.9 Å². The second-order valence-electron chi connectivity index (χ2n) is 8.85. The van der Waals surface area contributed by atoms with Gasteiger partial charge in [0.05, 0.1) is 23.4 Å². The van der Waals surface area contributed by atoms with Crippen molar-refractivity contribution in [1.82, 2.24) is 4.98 Å². The number of benzene rings is 2. The normalized spacial score (nSPS) is 11.5. The van der Waals surface area contributed by atoms with Crippen molar-refractivity contribution in [3.8, 4) is 11.1 Å². The number of halogens is 3. The number of amides is 2. The molecule has 0 spiro atoms. The smallest absolute Gasteiger partial charge is 0.416 e. The molecule has 0 fully saturated rings. The highest BCUT2D eigenvalue weighted by Crippen LogP contribution is 2.34. The van der Waals surface area contributed by atoms with Gasteiger partial charge >= 0.3 is 12.3 Å². The van der Waals surface area contributed by atoms with Crippen LogP contribution in [0.3, 0.4) is 0 Å². The molecule has 3 rings (SSSR count). The number of carbonyl (C=O) groups excluding carboxylic acids is 3. The van der Waals surface area contributed by atoms with Crippen LogP contribution in [-0.4, -0.2) is 28.4 Å². The Labute approximate surface area is 205 Å². The molecule has 0 aliphatic heterocycles. The molecule has 10 heteroatoms. The van der Waals surface area contributed by atoms with Crippen LogP contribution in [0.15, 0.2) is 67.0 Å². The fourth-order valence-corrected chi connectivity index (χ4v) is 3.21. The summed E-state index contributed by atoms with van der Waals surface area (Å²) >= 11 is 0. The first-order valence-electron chi connectivity index (χ1n) is 10.9. The number of nitrogens with zero attached hydrogens (tertiary/aromatic N) is 1. The monoisotopic (exact) mass is 499 g/mol. The van der Waals surface area contributed by atoms with Gasteiger partial charge in [-0.3, -0.25) is 19.9 Å². The number of rotatable bonds is 6. The zero-order valence-electron chi connectivity index (χ0n) is 19.8. The molecular weight excluding hydrogens is 475 g/mol. The van der Waals surface area contributed by atoms with Crippen LogP contribution in [0.2, 0.25) is 0 Å². The van der Waals surface area contributed by atoms with Gasteiger partial charge in [0.25, 0.3) is 0 Å². The van der Waals surface area contributed by atoms with Gasteiger partial charge in [0.1, 0.15) is 5.60 Å². The first kappa shape index (κ1) is 26.4. The van der Waals surface area contributed by atoms with E-state index in [4.69, 9.17) is 4.74 Å². The van der Waals surface area contributed by atoms with Gasteiger partial charge in [-0.15, -0.1) is 0 Å². The van der Waals surface area contributed by atoms with Crippen molar-refractivity contribution in [3.63, 3.8) is 0 Å². The van der Waals surface area contributed by atoms with Gasteiger partial charge < -0.3 is 10.1 Å². The molecule has 0 bridgehead atoms. The summed E-state index contributed by atoms with van der Waals surface area (Å²) in [5, 5.41) is 4.63. The summed E-state index contributed by atoms with van der Waals surface area (Å²) in [5.41, 5.74) is -0.496. The Bertz CT molecular complexity index is 1270. The van der Waals surface area contributed by atoms with Crippen molar-refractivity contribution in [2.24, 2.45) is 0 Å². The lowest BCUT2D eigenvalue weighted by Gasteiger charge is -2.21. The summed E-state index contributed by atoms with van der Waals surface area (Å²) in [6, 6.07) is 12.6. The lowest BCUT2D eigenvalue weighted by atomic mass is 10.0. The molecule has 0 atom stereocenters. The van der Waals surface area contributed by atoms with Crippen LogP contribution in [0.4, 0.5) is 29.3 Å². The van der Waals surface area contributed by atoms with E-state index in [0.29, 0.717) is 6.07 Å². The van der Waals surface area contributed by atoms with Crippen molar-refractivity contribution in [2.75, 3.05) is 10.6 Å². The largest absolute Gasteiger partial charge is 0.444 e. The van der Waals surface area contributed by atoms with Crippen molar-refractivity contribution in [1.29, 1.82) is 0 Å². The number of alkyl halides is 3. The van der Waals surface area contributed by atoms with Crippen LogP contribution < -0.4 is 10.6 Å². The van der Waals surface area contributed by atoms with Crippen LogP contribution in [0.25, 0.3) is 11.1 Å². The minimum Gasteiger partial charge on any atom is -0.444 e. The molecular formula is C26H24F3N3O4. The quantitative estimate of drug-likeness (QED) is 0.305. The van der Waals surface area contributed by atoms with E-state index in [1.54, 1.807) is 69.6 Å². The standard InChI is InChI=1S/C26H24F3N3O4/c1-25(2,3)36-24(35)32-20-8-7-19(26(27,28)29)14-21(20)31-23(34)15-22(33)18-6-4-5-17(13-18)16-9-11-30-12-10-16/h4-14H,15H2,1-3H3,(H,31,34)(H,32,35). The molecule has 0 unspecified atom stereocenters. The van der Waals surface area contributed by atoms with Gasteiger partial charge in [-0.05, 0) is 68.3 Å². The predicted octanol–water partition coefficient (Wildman–Crippen LogP) is 6.33. The number of aromatic nitrogens is 1. The van der Waals surface area contributed by atoms with E-state index in [9.17, 15) is 27.6 Å². The Balaban J connectivity index is 1.79. The van der Waals surface area contributed by atoms with E-state index in [0.717, 1.165) is 23.3 Å². The molecule has 2 amide bonds. The maximum atomic E-state index is 13.2. The van der Waals surface area contributed by atoms with E-state index in [1.165, 1.54) is 0 Å². The van der Waals surface area contributed by atoms with Crippen LogP contribution in [0.5, 0.6) is 0 Å². The Morgan fingerprint density at radius 3 is 2.19 bits per heavy atom. The summed E-state index contributed by atoms with van der Waals surface area (Å²) in [4.78, 5) is 41.4. The molecule has 0 saturated heterocycles. The number of nitrogens with one attached hydrogen (secondary N) is 2. The maximum Gasteiger partial charge on any atom is 0.416 e. The van der Waals surface area contributed by atoms with Gasteiger partial charge in [-0.1, -0.05) is 18.2 Å². The molecule has 188 valence electrons. The molecule has 0 radical (unpaired) electrons. The molecule has 1 aromatic heterocycles. The number of ether oxygens (including phenoxy) is 1. The van der Waals surface area contributed by atoms with E-state index in [1.807, 2.05) is 0 Å². The first-order valence-corrected chi connectivity index (χ1v) is 10.9. The van der Waals surface area contributed by atoms with Gasteiger partial charge in [-0.25, -0.2) is 4.79 Å². The maximum absolute atomic E-state index is 13.2. The summed E-state index contributed by atoms with van der Waals surface area (Å²) in [6.45, 7) is 4.87. The van der Waals surface area contributed by atoms with Crippen molar-refractivity contribution < 1.29 is 32.3 Å². The molecule has 1 heterocycles. The number of hydrogen-bond donors (Lipinski definition) is 2. The molecule has 7 nitrogen and oxygen atoms in total. The highest BCUT2D eigenvalue weighted by Gasteiger charge is 2.31. The number of Topliss-reactive ketones (excluding diaryl/α,β-unsaturated/α-hetero) is 1. The van der Waals surface area contributed by atoms with E-state index >= 15 is 0 Å². The highest BCUT2D eigenvalue weighted by molar-refractivity contribution is 6.12. The molecule has 2 N–H and O–H groups in total. The Hall–Kier alpha value is -4.21. The van der Waals surface area contributed by atoms with Gasteiger partial charge in [0.2, 0.25) is 5.91 Å². The molecule has 2 aromatic carbocycles. The Morgan fingerprint density at radius 1 is 0.861 bits per heavy atom. The second kappa shape index (κ2) is 10.6. The number of pyridine rings is 1. The number of anilines is 2. The van der Waals surface area contributed by atoms with Crippen molar-refractivity contribution in [2.45, 2.75) is 39.0 Å². The number of ketones is 1. The lowest BCUT2D eigenvalue weighted by Crippen LogP contribution is -2.28. The highest BCUT2D eigenvalue weighted by atomic mass is 19.4. The second-order valence-corrected chi connectivity index (χ2v) is 8.85. The SMILES string of the molecule is CC(C)(C)OC(=O)Nc1ccc(C(F)(F)F)cc1NC(=O)CC(=O)c1cccc(-c2ccncc2)c1. The van der Waals surface area contributed by atoms with Crippen LogP contribution in [-0.2, 0) is 15.7 Å². The third-order valence-corrected chi connectivity index (χ3v) is 4.78. The van der Waals surface area contributed by atoms with Crippen LogP contribution in [0.1, 0.15) is 43.1 Å². The van der Waals surface area contributed by atoms with E-state index < -0.39 is 41.5 Å². The predicted molar refractivity (Wildman–Crippen MR) is 129 cm³/mol. The van der Waals surface area contributed by atoms with Gasteiger partial charge in [-0.2, -0.15) is 13.2 Å². The van der Waals surface area contributed by atoms with E-state index in [2.05, 4.69) is 15.6 Å². The fourth-order valence-electron chi connectivity index (χ4n) is 3.21. The van der Waals surface area contributed by atoms with Gasteiger partial charge in [0, 0.05) is 18.0 Å². The Kier molecular flexibility index (Phi) is 7.77. The Morgan fingerprint density at radius 2 is 1.56 bits per heavy atom.